The van der Waals surface area contributed by atoms with E-state index in [2.05, 4.69) is 106 Å². The highest BCUT2D eigenvalue weighted by Crippen LogP contribution is 2.27. The predicted molar refractivity (Wildman–Crippen MR) is 323 cm³/mol. The predicted octanol–water partition coefficient (Wildman–Crippen LogP) is 11.6. The molecule has 6 aromatic carbocycles. The molecule has 2 saturated heterocycles. The van der Waals surface area contributed by atoms with Crippen LogP contribution in [0.2, 0.25) is 20.1 Å². The van der Waals surface area contributed by atoms with Crippen molar-refractivity contribution in [3.63, 3.8) is 0 Å². The lowest BCUT2D eigenvalue weighted by Crippen LogP contribution is -2.50. The van der Waals surface area contributed by atoms with Gasteiger partial charge in [-0.1, -0.05) is 169 Å². The normalized spacial score (nSPS) is 18.3. The molecule has 0 bridgehead atoms. The van der Waals surface area contributed by atoms with E-state index in [1.807, 2.05) is 70.5 Å². The van der Waals surface area contributed by atoms with Crippen LogP contribution >= 0.6 is 46.4 Å². The molecule has 0 unspecified atom stereocenters. The smallest absolute Gasteiger partial charge is 0.251 e. The fourth-order valence-corrected chi connectivity index (χ4v) is 10.7. The molecule has 2 aliphatic heterocycles. The summed E-state index contributed by atoms with van der Waals surface area (Å²) in [4.78, 5) is 57.2. The molecule has 2 fully saturated rings. The first-order valence-electron chi connectivity index (χ1n) is 27.6. The van der Waals surface area contributed by atoms with Crippen molar-refractivity contribution in [1.29, 1.82) is 0 Å². The largest absolute Gasteiger partial charge is 0.385 e. The molecule has 2 heterocycles. The van der Waals surface area contributed by atoms with Gasteiger partial charge in [0, 0.05) is 93.1 Å². The van der Waals surface area contributed by atoms with Gasteiger partial charge in [0.25, 0.3) is 11.8 Å². The van der Waals surface area contributed by atoms with Gasteiger partial charge in [-0.2, -0.15) is 0 Å². The van der Waals surface area contributed by atoms with Crippen LogP contribution in [0.3, 0.4) is 0 Å². The van der Waals surface area contributed by atoms with E-state index in [-0.39, 0.29) is 59.6 Å². The van der Waals surface area contributed by atoms with Crippen molar-refractivity contribution in [3.8, 4) is 0 Å². The third-order valence-electron chi connectivity index (χ3n) is 14.7. The summed E-state index contributed by atoms with van der Waals surface area (Å²) < 4.78 is 0. The summed E-state index contributed by atoms with van der Waals surface area (Å²) in [5.41, 5.74) is 5.64. The van der Waals surface area contributed by atoms with Crippen molar-refractivity contribution >= 4 is 75.7 Å². The summed E-state index contributed by atoms with van der Waals surface area (Å²) in [5, 5.41) is 21.5. The molecule has 8 rings (SSSR count). The molecule has 16 heteroatoms. The minimum absolute atomic E-state index is 0.0448. The molecule has 0 aromatic heterocycles. The monoisotopic (exact) mass is 1150 g/mol. The Kier molecular flexibility index (Phi) is 24.4. The van der Waals surface area contributed by atoms with Crippen molar-refractivity contribution in [2.75, 3.05) is 57.7 Å². The number of nitrogens with one attached hydrogen (secondary N) is 6. The average Bonchev–Trinajstić information content (AvgIpc) is 3.73. The number of amides is 4. The van der Waals surface area contributed by atoms with Gasteiger partial charge < -0.3 is 41.7 Å². The fraction of sp³-hybridized carbons (Fsp3) is 0.365. The Hall–Kier alpha value is -5.96. The van der Waals surface area contributed by atoms with Crippen molar-refractivity contribution in [2.45, 2.75) is 94.9 Å². The van der Waals surface area contributed by atoms with Gasteiger partial charge in [-0.05, 0) is 110 Å². The number of para-hydroxylation sites is 1. The van der Waals surface area contributed by atoms with Gasteiger partial charge in [-0.25, -0.2) is 0 Å². The molecule has 418 valence electrons. The standard InChI is InChI=1S/C32H38Cl2N4O2.C31H36Cl2N4O2/c1-2-24(25-11-7-4-8-12-25)22-38-18-16-27(21-36-31(39)26-13-14-28(33)29(34)19-26)37-30(32(38)40)15-17-35-20-23-9-5-3-6-10-23;1-2-22(23-9-5-3-6-10-23)21-37-18-16-26(20-35-30(38)24-13-14-27(32)28(33)19-24)36-29(31(37)39)15-17-34-25-11-7-4-8-12-25/h3-14,19,24,27,30,35,37H,2,15-18,20-22H2,1H3,(H,36,39);3-14,19,22,26,29,34,36H,2,15-18,20-21H2,1H3,(H,35,38)/t24-,27+,30+;22-,26+,29+/m11/s1. The number of benzene rings is 6. The molecular weight excluding hydrogens is 1070 g/mol. The van der Waals surface area contributed by atoms with Crippen LogP contribution in [0.15, 0.2) is 158 Å². The Morgan fingerprint density at radius 3 is 1.39 bits per heavy atom. The van der Waals surface area contributed by atoms with E-state index in [4.69, 9.17) is 46.4 Å². The first kappa shape index (κ1) is 60.7. The van der Waals surface area contributed by atoms with Crippen LogP contribution in [-0.2, 0) is 16.1 Å². The Balaban J connectivity index is 0.000000229. The number of carbonyl (C=O) groups excluding carboxylic acids is 4. The Morgan fingerprint density at radius 1 is 0.544 bits per heavy atom. The third-order valence-corrected chi connectivity index (χ3v) is 16.2. The van der Waals surface area contributed by atoms with Crippen LogP contribution in [0, 0.1) is 0 Å². The molecule has 0 spiro atoms. The van der Waals surface area contributed by atoms with Crippen molar-refractivity contribution < 1.29 is 19.2 Å². The van der Waals surface area contributed by atoms with Crippen molar-refractivity contribution in [3.05, 3.63) is 206 Å². The number of hydrogen-bond donors (Lipinski definition) is 6. The Bertz CT molecular complexity index is 2850. The molecule has 0 radical (unpaired) electrons. The maximum Gasteiger partial charge on any atom is 0.251 e. The number of halogens is 4. The third kappa shape index (κ3) is 18.8. The van der Waals surface area contributed by atoms with Crippen LogP contribution < -0.4 is 31.9 Å². The maximum absolute atomic E-state index is 13.8. The second-order valence-corrected chi connectivity index (χ2v) is 21.8. The molecular formula is C63H74Cl4N8O4. The van der Waals surface area contributed by atoms with Gasteiger partial charge in [0.1, 0.15) is 0 Å². The molecule has 6 atom stereocenters. The SMILES string of the molecule is CC[C@H](CN1CC[C@@H](CNC(=O)c2ccc(Cl)c(Cl)c2)N[C@@H](CCNCc2ccccc2)C1=O)c1ccccc1.CC[C@H](CN1CC[C@@H](CNC(=O)c2ccc(Cl)c(Cl)c2)N[C@@H](CCNc2ccccc2)C1=O)c1ccccc1. The quantitative estimate of drug-likeness (QED) is 0.0348. The van der Waals surface area contributed by atoms with E-state index in [1.165, 1.54) is 16.7 Å². The van der Waals surface area contributed by atoms with Crippen molar-refractivity contribution in [1.82, 2.24) is 36.4 Å². The molecule has 0 aliphatic carbocycles. The van der Waals surface area contributed by atoms with Gasteiger partial charge in [0.2, 0.25) is 11.8 Å². The highest BCUT2D eigenvalue weighted by Gasteiger charge is 2.34. The molecule has 12 nitrogen and oxygen atoms in total. The lowest BCUT2D eigenvalue weighted by atomic mass is 9.95. The molecule has 2 aliphatic rings. The number of anilines is 1. The summed E-state index contributed by atoms with van der Waals surface area (Å²) in [5.74, 6) is 0.327. The Labute approximate surface area is 486 Å². The zero-order valence-corrected chi connectivity index (χ0v) is 48.1. The summed E-state index contributed by atoms with van der Waals surface area (Å²) >= 11 is 24.2. The van der Waals surface area contributed by atoms with E-state index < -0.39 is 0 Å². The number of nitrogens with zero attached hydrogens (tertiary/aromatic N) is 2. The highest BCUT2D eigenvalue weighted by atomic mass is 35.5. The average molecular weight is 1150 g/mol. The van der Waals surface area contributed by atoms with E-state index in [0.29, 0.717) is 96.4 Å². The topological polar surface area (TPSA) is 147 Å². The first-order valence-corrected chi connectivity index (χ1v) is 29.1. The molecule has 0 saturated carbocycles. The van der Waals surface area contributed by atoms with Crippen LogP contribution in [0.5, 0.6) is 0 Å². The van der Waals surface area contributed by atoms with Gasteiger partial charge in [-0.3, -0.25) is 19.2 Å². The van der Waals surface area contributed by atoms with Crippen molar-refractivity contribution in [2.24, 2.45) is 0 Å². The van der Waals surface area contributed by atoms with Gasteiger partial charge in [0.05, 0.1) is 32.2 Å². The zero-order chi connectivity index (χ0) is 55.9. The van der Waals surface area contributed by atoms with E-state index in [1.54, 1.807) is 36.4 Å². The lowest BCUT2D eigenvalue weighted by Gasteiger charge is -2.28. The van der Waals surface area contributed by atoms with E-state index in [0.717, 1.165) is 37.9 Å². The molecule has 79 heavy (non-hydrogen) atoms. The molecule has 4 amide bonds. The first-order chi connectivity index (χ1) is 38.4. The summed E-state index contributed by atoms with van der Waals surface area (Å²) in [7, 11) is 0. The Morgan fingerprint density at radius 2 is 0.962 bits per heavy atom. The second-order valence-electron chi connectivity index (χ2n) is 20.2. The van der Waals surface area contributed by atoms with Crippen LogP contribution in [0.1, 0.15) is 102 Å². The number of carbonyl (C=O) groups is 4. The summed E-state index contributed by atoms with van der Waals surface area (Å²) in [6.07, 6.45) is 4.66. The minimum atomic E-state index is -0.358. The van der Waals surface area contributed by atoms with Gasteiger partial charge in [0.15, 0.2) is 0 Å². The van der Waals surface area contributed by atoms with E-state index >= 15 is 0 Å². The lowest BCUT2D eigenvalue weighted by molar-refractivity contribution is -0.133. The van der Waals surface area contributed by atoms with Crippen LogP contribution in [0.25, 0.3) is 0 Å². The zero-order valence-electron chi connectivity index (χ0n) is 45.1. The summed E-state index contributed by atoms with van der Waals surface area (Å²) in [6, 6.07) is 49.9. The maximum atomic E-state index is 13.8. The van der Waals surface area contributed by atoms with Gasteiger partial charge >= 0.3 is 0 Å². The second kappa shape index (κ2) is 31.7. The summed E-state index contributed by atoms with van der Waals surface area (Å²) in [6.45, 7) is 9.86. The van der Waals surface area contributed by atoms with Gasteiger partial charge in [-0.15, -0.1) is 0 Å². The minimum Gasteiger partial charge on any atom is -0.385 e. The number of rotatable bonds is 23. The fourth-order valence-electron chi connectivity index (χ4n) is 10.1. The van der Waals surface area contributed by atoms with Crippen LogP contribution in [-0.4, -0.2) is 110 Å². The number of hydrogen-bond acceptors (Lipinski definition) is 8. The molecule has 6 aromatic rings. The molecule has 6 N–H and O–H groups in total. The van der Waals surface area contributed by atoms with Crippen LogP contribution in [0.4, 0.5) is 5.69 Å². The van der Waals surface area contributed by atoms with E-state index in [9.17, 15) is 19.2 Å². The highest BCUT2D eigenvalue weighted by molar-refractivity contribution is 6.42.